The highest BCUT2D eigenvalue weighted by molar-refractivity contribution is 7.09. The fraction of sp³-hybridized carbons (Fsp3) is 0.579. The second-order valence-corrected chi connectivity index (χ2v) is 7.30. The SMILES string of the molecule is COC=CC[C@H]1C(O)CC(OP)[C@@H]1CCC(F)COc1cccc(Cl)c1. The van der Waals surface area contributed by atoms with Crippen LogP contribution in [0, 0.1) is 11.8 Å². The number of rotatable bonds is 10. The molecule has 0 aliphatic heterocycles. The molecule has 1 aromatic rings. The average Bonchev–Trinajstić information content (AvgIpc) is 2.93. The van der Waals surface area contributed by atoms with Crippen molar-refractivity contribution < 1.29 is 23.5 Å². The Morgan fingerprint density at radius 2 is 2.23 bits per heavy atom. The maximum atomic E-state index is 14.3. The molecular formula is C19H27ClFO4P. The van der Waals surface area contributed by atoms with Crippen LogP contribution in [0.5, 0.6) is 5.75 Å². The van der Waals surface area contributed by atoms with Gasteiger partial charge in [0.2, 0.25) is 0 Å². The lowest BCUT2D eigenvalue weighted by atomic mass is 9.86. The van der Waals surface area contributed by atoms with Crippen molar-refractivity contribution in [3.05, 3.63) is 41.6 Å². The fourth-order valence-corrected chi connectivity index (χ4v) is 4.04. The van der Waals surface area contributed by atoms with E-state index in [1.807, 2.05) is 6.08 Å². The van der Waals surface area contributed by atoms with E-state index in [0.717, 1.165) is 0 Å². The van der Waals surface area contributed by atoms with Gasteiger partial charge < -0.3 is 19.1 Å². The highest BCUT2D eigenvalue weighted by atomic mass is 35.5. The Hall–Kier alpha value is -0.870. The van der Waals surface area contributed by atoms with Crippen molar-refractivity contribution in [2.24, 2.45) is 11.8 Å². The number of alkyl halides is 1. The molecule has 4 nitrogen and oxygen atoms in total. The van der Waals surface area contributed by atoms with Crippen molar-refractivity contribution in [1.29, 1.82) is 0 Å². The third-order valence-electron chi connectivity index (χ3n) is 4.85. The third-order valence-corrected chi connectivity index (χ3v) is 5.44. The first-order valence-corrected chi connectivity index (χ1v) is 9.64. The number of ether oxygens (including phenoxy) is 2. The van der Waals surface area contributed by atoms with E-state index in [2.05, 4.69) is 9.47 Å². The number of methoxy groups -OCH3 is 1. The molecule has 0 bridgehead atoms. The number of aliphatic hydroxyl groups excluding tert-OH is 1. The number of benzene rings is 1. The van der Waals surface area contributed by atoms with Gasteiger partial charge in [-0.05, 0) is 55.4 Å². The molecule has 1 aliphatic carbocycles. The Labute approximate surface area is 162 Å². The Balaban J connectivity index is 1.84. The molecule has 6 atom stereocenters. The van der Waals surface area contributed by atoms with Crippen LogP contribution in [0.2, 0.25) is 5.02 Å². The minimum atomic E-state index is -1.09. The summed E-state index contributed by atoms with van der Waals surface area (Å²) < 4.78 is 30.1. The maximum absolute atomic E-state index is 14.3. The van der Waals surface area contributed by atoms with Gasteiger partial charge in [0.05, 0.1) is 25.6 Å². The van der Waals surface area contributed by atoms with E-state index in [1.54, 1.807) is 37.6 Å². The fourth-order valence-electron chi connectivity index (χ4n) is 3.55. The second-order valence-electron chi connectivity index (χ2n) is 6.59. The van der Waals surface area contributed by atoms with Gasteiger partial charge in [-0.15, -0.1) is 0 Å². The first-order chi connectivity index (χ1) is 12.5. The van der Waals surface area contributed by atoms with Gasteiger partial charge in [0.25, 0.3) is 0 Å². The highest BCUT2D eigenvalue weighted by Gasteiger charge is 2.42. The van der Waals surface area contributed by atoms with E-state index < -0.39 is 12.3 Å². The standard InChI is InChI=1S/C19H27ClFO4P/c1-23-9-3-6-16-17(19(25-26)11-18(16)22)8-7-14(21)12-24-15-5-2-4-13(20)10-15/h2-5,9-10,14,16-19,22H,6-8,11-12,26H2,1H3/t14?,16-,17-,18?,19?/m1/s1. The van der Waals surface area contributed by atoms with Gasteiger partial charge in [0.15, 0.2) is 0 Å². The van der Waals surface area contributed by atoms with Crippen molar-refractivity contribution in [1.82, 2.24) is 0 Å². The molecule has 7 heteroatoms. The quantitative estimate of drug-likeness (QED) is 0.459. The minimum absolute atomic E-state index is 0.0176. The molecule has 1 saturated carbocycles. The molecule has 0 heterocycles. The molecule has 1 N–H and O–H groups in total. The maximum Gasteiger partial charge on any atom is 0.134 e. The molecule has 0 radical (unpaired) electrons. The summed E-state index contributed by atoms with van der Waals surface area (Å²) in [5.74, 6) is 0.687. The number of halogens is 2. The van der Waals surface area contributed by atoms with Crippen LogP contribution in [0.1, 0.15) is 25.7 Å². The van der Waals surface area contributed by atoms with Gasteiger partial charge >= 0.3 is 0 Å². The Bertz CT molecular complexity index is 574. The molecule has 4 unspecified atom stereocenters. The summed E-state index contributed by atoms with van der Waals surface area (Å²) >= 11 is 5.89. The minimum Gasteiger partial charge on any atom is -0.505 e. The van der Waals surface area contributed by atoms with E-state index in [9.17, 15) is 9.50 Å². The van der Waals surface area contributed by atoms with Crippen LogP contribution in [-0.4, -0.2) is 37.2 Å². The number of allylic oxidation sites excluding steroid dienone is 1. The molecular weight excluding hydrogens is 378 g/mol. The van der Waals surface area contributed by atoms with Crippen LogP contribution in [0.15, 0.2) is 36.6 Å². The first-order valence-electron chi connectivity index (χ1n) is 8.79. The largest absolute Gasteiger partial charge is 0.505 e. The van der Waals surface area contributed by atoms with Gasteiger partial charge in [0, 0.05) is 20.9 Å². The van der Waals surface area contributed by atoms with E-state index in [4.69, 9.17) is 25.6 Å². The van der Waals surface area contributed by atoms with Crippen molar-refractivity contribution in [3.8, 4) is 5.75 Å². The molecule has 0 aromatic heterocycles. The van der Waals surface area contributed by atoms with Crippen LogP contribution in [0.25, 0.3) is 0 Å². The predicted molar refractivity (Wildman–Crippen MR) is 104 cm³/mol. The monoisotopic (exact) mass is 404 g/mol. The average molecular weight is 405 g/mol. The van der Waals surface area contributed by atoms with E-state index in [1.165, 1.54) is 0 Å². The molecule has 1 aromatic carbocycles. The number of hydrogen-bond acceptors (Lipinski definition) is 4. The molecule has 0 saturated heterocycles. The summed E-state index contributed by atoms with van der Waals surface area (Å²) in [6.07, 6.45) is 4.10. The molecule has 2 rings (SSSR count). The van der Waals surface area contributed by atoms with Crippen LogP contribution in [0.3, 0.4) is 0 Å². The highest BCUT2D eigenvalue weighted by Crippen LogP contribution is 2.41. The predicted octanol–water partition coefficient (Wildman–Crippen LogP) is 4.56. The summed E-state index contributed by atoms with van der Waals surface area (Å²) in [4.78, 5) is 0. The van der Waals surface area contributed by atoms with Gasteiger partial charge in [-0.25, -0.2) is 4.39 Å². The van der Waals surface area contributed by atoms with Crippen molar-refractivity contribution in [2.75, 3.05) is 13.7 Å². The van der Waals surface area contributed by atoms with Gasteiger partial charge in [-0.1, -0.05) is 17.7 Å². The molecule has 0 spiro atoms. The van der Waals surface area contributed by atoms with Gasteiger partial charge in [0.1, 0.15) is 18.5 Å². The zero-order valence-electron chi connectivity index (χ0n) is 14.9. The molecule has 1 aliphatic rings. The summed E-state index contributed by atoms with van der Waals surface area (Å²) in [7, 11) is 3.85. The van der Waals surface area contributed by atoms with E-state index in [-0.39, 0.29) is 24.5 Å². The van der Waals surface area contributed by atoms with E-state index >= 15 is 0 Å². The summed E-state index contributed by atoms with van der Waals surface area (Å²) in [5.41, 5.74) is 0. The third kappa shape index (κ3) is 6.38. The van der Waals surface area contributed by atoms with Gasteiger partial charge in [-0.2, -0.15) is 0 Å². The molecule has 0 amide bonds. The molecule has 146 valence electrons. The summed E-state index contributed by atoms with van der Waals surface area (Å²) in [6, 6.07) is 6.93. The number of aliphatic hydroxyl groups is 1. The second kappa shape index (κ2) is 11.1. The Morgan fingerprint density at radius 1 is 1.42 bits per heavy atom. The van der Waals surface area contributed by atoms with Crippen molar-refractivity contribution in [3.63, 3.8) is 0 Å². The zero-order chi connectivity index (χ0) is 18.9. The smallest absolute Gasteiger partial charge is 0.134 e. The summed E-state index contributed by atoms with van der Waals surface area (Å²) in [5, 5.41) is 10.9. The summed E-state index contributed by atoms with van der Waals surface area (Å²) in [6.45, 7) is -0.0176. The van der Waals surface area contributed by atoms with Crippen LogP contribution in [0.4, 0.5) is 4.39 Å². The Morgan fingerprint density at radius 3 is 2.92 bits per heavy atom. The van der Waals surface area contributed by atoms with Crippen LogP contribution < -0.4 is 4.74 Å². The van der Waals surface area contributed by atoms with Crippen LogP contribution >= 0.6 is 21.1 Å². The van der Waals surface area contributed by atoms with Crippen molar-refractivity contribution >= 4 is 21.1 Å². The number of hydrogen-bond donors (Lipinski definition) is 1. The lowest BCUT2D eigenvalue weighted by molar-refractivity contribution is 0.108. The first kappa shape index (κ1) is 21.4. The topological polar surface area (TPSA) is 47.9 Å². The normalized spacial score (nSPS) is 27.0. The Kier molecular flexibility index (Phi) is 9.13. The molecule has 1 fully saturated rings. The lowest BCUT2D eigenvalue weighted by Crippen LogP contribution is -2.24. The van der Waals surface area contributed by atoms with E-state index in [0.29, 0.717) is 36.5 Å². The van der Waals surface area contributed by atoms with Gasteiger partial charge in [-0.3, -0.25) is 0 Å². The van der Waals surface area contributed by atoms with Crippen molar-refractivity contribution in [2.45, 2.75) is 44.1 Å². The van der Waals surface area contributed by atoms with Crippen LogP contribution in [-0.2, 0) is 9.26 Å². The zero-order valence-corrected chi connectivity index (χ0v) is 16.8. The lowest BCUT2D eigenvalue weighted by Gasteiger charge is -2.24. The molecule has 26 heavy (non-hydrogen) atoms.